The smallest absolute Gasteiger partial charge is 0.312 e. The van der Waals surface area contributed by atoms with Crippen LogP contribution in [0, 0.1) is 10.8 Å². The van der Waals surface area contributed by atoms with Crippen molar-refractivity contribution in [3.63, 3.8) is 0 Å². The molecule has 1 saturated carbocycles. The average molecular weight is 344 g/mol. The number of likely N-dealkylation sites (tertiary alicyclic amines) is 1. The van der Waals surface area contributed by atoms with Gasteiger partial charge in [0.1, 0.15) is 5.75 Å². The van der Waals surface area contributed by atoms with E-state index in [1.165, 1.54) is 0 Å². The van der Waals surface area contributed by atoms with E-state index >= 15 is 0 Å². The van der Waals surface area contributed by atoms with Gasteiger partial charge in [-0.1, -0.05) is 32.9 Å². The van der Waals surface area contributed by atoms with Crippen LogP contribution in [0.2, 0.25) is 0 Å². The molecule has 2 bridgehead atoms. The summed E-state index contributed by atoms with van der Waals surface area (Å²) in [6.07, 6.45) is 3.09. The Labute approximate surface area is 149 Å². The van der Waals surface area contributed by atoms with Crippen molar-refractivity contribution in [3.05, 3.63) is 29.8 Å². The van der Waals surface area contributed by atoms with Crippen LogP contribution in [0.4, 0.5) is 0 Å². The highest BCUT2D eigenvalue weighted by molar-refractivity contribution is 6.35. The van der Waals surface area contributed by atoms with Crippen molar-refractivity contribution in [3.8, 4) is 5.75 Å². The third-order valence-corrected chi connectivity index (χ3v) is 5.48. The number of hydrogen-bond acceptors (Lipinski definition) is 3. The van der Waals surface area contributed by atoms with Gasteiger partial charge >= 0.3 is 11.8 Å². The van der Waals surface area contributed by atoms with Gasteiger partial charge < -0.3 is 15.0 Å². The van der Waals surface area contributed by atoms with Crippen LogP contribution in [0.1, 0.15) is 45.6 Å². The highest BCUT2D eigenvalue weighted by Crippen LogP contribution is 2.52. The van der Waals surface area contributed by atoms with Gasteiger partial charge in [-0.05, 0) is 47.8 Å². The minimum Gasteiger partial charge on any atom is -0.497 e. The molecule has 2 aliphatic rings. The van der Waals surface area contributed by atoms with Crippen LogP contribution in [0.25, 0.3) is 0 Å². The van der Waals surface area contributed by atoms with Gasteiger partial charge in [-0.2, -0.15) is 0 Å². The fraction of sp³-hybridized carbons (Fsp3) is 0.600. The molecular weight excluding hydrogens is 316 g/mol. The summed E-state index contributed by atoms with van der Waals surface area (Å²) in [5, 5.41) is 2.76. The Morgan fingerprint density at radius 2 is 1.88 bits per heavy atom. The van der Waals surface area contributed by atoms with E-state index in [1.807, 2.05) is 24.3 Å². The molecule has 25 heavy (non-hydrogen) atoms. The first-order valence-corrected chi connectivity index (χ1v) is 8.93. The molecule has 1 saturated heterocycles. The van der Waals surface area contributed by atoms with Crippen molar-refractivity contribution in [2.75, 3.05) is 13.7 Å². The third kappa shape index (κ3) is 3.80. The number of carbonyl (C=O) groups excluding carboxylic acids is 2. The number of hydrogen-bond donors (Lipinski definition) is 1. The Hall–Kier alpha value is -2.04. The van der Waals surface area contributed by atoms with Crippen molar-refractivity contribution < 1.29 is 14.3 Å². The second kappa shape index (κ2) is 6.36. The van der Waals surface area contributed by atoms with Crippen LogP contribution in [0.3, 0.4) is 0 Å². The lowest BCUT2D eigenvalue weighted by molar-refractivity contribution is -0.146. The molecule has 1 aliphatic heterocycles. The average Bonchev–Trinajstić information content (AvgIpc) is 2.81. The first kappa shape index (κ1) is 17.8. The largest absolute Gasteiger partial charge is 0.497 e. The molecule has 1 aromatic carbocycles. The molecule has 2 atom stereocenters. The topological polar surface area (TPSA) is 58.6 Å². The summed E-state index contributed by atoms with van der Waals surface area (Å²) in [5.41, 5.74) is 1.31. The van der Waals surface area contributed by atoms with Gasteiger partial charge in [-0.25, -0.2) is 0 Å². The lowest BCUT2D eigenvalue weighted by atomic mass is 9.65. The molecule has 1 aliphatic carbocycles. The minimum absolute atomic E-state index is 0.137. The number of rotatable bonds is 3. The molecule has 0 aromatic heterocycles. The zero-order chi connectivity index (χ0) is 18.2. The van der Waals surface area contributed by atoms with Gasteiger partial charge in [0.2, 0.25) is 0 Å². The van der Waals surface area contributed by atoms with E-state index in [1.54, 1.807) is 12.0 Å². The number of benzene rings is 1. The summed E-state index contributed by atoms with van der Waals surface area (Å²) in [5.74, 6) is -0.129. The Kier molecular flexibility index (Phi) is 4.52. The summed E-state index contributed by atoms with van der Waals surface area (Å²) < 4.78 is 5.12. The van der Waals surface area contributed by atoms with Gasteiger partial charge in [0.15, 0.2) is 0 Å². The van der Waals surface area contributed by atoms with Gasteiger partial charge in [0, 0.05) is 19.1 Å². The van der Waals surface area contributed by atoms with Crippen molar-refractivity contribution in [1.82, 2.24) is 10.2 Å². The molecule has 5 nitrogen and oxygen atoms in total. The first-order valence-electron chi connectivity index (χ1n) is 8.93. The van der Waals surface area contributed by atoms with Crippen LogP contribution in [0.15, 0.2) is 24.3 Å². The molecule has 0 radical (unpaired) electrons. The number of nitrogens with zero attached hydrogens (tertiary/aromatic N) is 1. The lowest BCUT2D eigenvalue weighted by Crippen LogP contribution is -2.45. The Bertz CT molecular complexity index is 668. The fourth-order valence-corrected chi connectivity index (χ4v) is 4.83. The Morgan fingerprint density at radius 1 is 1.20 bits per heavy atom. The SMILES string of the molecule is COc1ccc(CNC(=O)C(=O)N2CC3(C)CC2CC(C)(C)C3)cc1. The molecular formula is C20H28N2O3. The van der Waals surface area contributed by atoms with Gasteiger partial charge in [0.25, 0.3) is 0 Å². The molecule has 2 amide bonds. The summed E-state index contributed by atoms with van der Waals surface area (Å²) in [4.78, 5) is 26.8. The summed E-state index contributed by atoms with van der Waals surface area (Å²) in [6, 6.07) is 7.64. The normalized spacial score (nSPS) is 27.0. The zero-order valence-electron chi connectivity index (χ0n) is 15.6. The molecule has 5 heteroatoms. The number of nitrogens with one attached hydrogen (secondary N) is 1. The molecule has 2 fully saturated rings. The van der Waals surface area contributed by atoms with Crippen LogP contribution >= 0.6 is 0 Å². The molecule has 1 N–H and O–H groups in total. The van der Waals surface area contributed by atoms with Crippen molar-refractivity contribution in [2.24, 2.45) is 10.8 Å². The van der Waals surface area contributed by atoms with Crippen LogP contribution in [-0.2, 0) is 16.1 Å². The maximum Gasteiger partial charge on any atom is 0.312 e. The summed E-state index contributed by atoms with van der Waals surface area (Å²) in [6.45, 7) is 7.79. The van der Waals surface area contributed by atoms with Crippen molar-refractivity contribution in [2.45, 2.75) is 52.6 Å². The number of fused-ring (bicyclic) bond motifs is 2. The van der Waals surface area contributed by atoms with Gasteiger partial charge in [0.05, 0.1) is 7.11 Å². The molecule has 0 spiro atoms. The van der Waals surface area contributed by atoms with E-state index in [2.05, 4.69) is 26.1 Å². The molecule has 1 aromatic rings. The highest BCUT2D eigenvalue weighted by Gasteiger charge is 2.51. The minimum atomic E-state index is -0.509. The van der Waals surface area contributed by atoms with E-state index in [0.717, 1.165) is 30.6 Å². The second-order valence-electron chi connectivity index (χ2n) is 8.68. The van der Waals surface area contributed by atoms with Crippen LogP contribution < -0.4 is 10.1 Å². The van der Waals surface area contributed by atoms with Crippen molar-refractivity contribution >= 4 is 11.8 Å². The fourth-order valence-electron chi connectivity index (χ4n) is 4.83. The van der Waals surface area contributed by atoms with Crippen LogP contribution in [0.5, 0.6) is 5.75 Å². The quantitative estimate of drug-likeness (QED) is 0.858. The molecule has 2 unspecified atom stereocenters. The standard InChI is InChI=1S/C20H28N2O3/c1-19(2)9-15-10-20(3,12-19)13-22(15)18(24)17(23)21-11-14-5-7-16(25-4)8-6-14/h5-8,15H,9-13H2,1-4H3,(H,21,23). The van der Waals surface area contributed by atoms with Crippen LogP contribution in [-0.4, -0.2) is 36.4 Å². The van der Waals surface area contributed by atoms with Gasteiger partial charge in [-0.15, -0.1) is 0 Å². The first-order chi connectivity index (χ1) is 11.7. The van der Waals surface area contributed by atoms with E-state index in [9.17, 15) is 9.59 Å². The highest BCUT2D eigenvalue weighted by atomic mass is 16.5. The van der Waals surface area contributed by atoms with Gasteiger partial charge in [-0.3, -0.25) is 9.59 Å². The van der Waals surface area contributed by atoms with E-state index in [0.29, 0.717) is 13.1 Å². The number of amides is 2. The summed E-state index contributed by atoms with van der Waals surface area (Å²) in [7, 11) is 1.61. The van der Waals surface area contributed by atoms with E-state index < -0.39 is 5.91 Å². The maximum absolute atomic E-state index is 12.7. The van der Waals surface area contributed by atoms with E-state index in [-0.39, 0.29) is 22.8 Å². The predicted octanol–water partition coefficient (Wildman–Crippen LogP) is 2.74. The van der Waals surface area contributed by atoms with E-state index in [4.69, 9.17) is 4.74 Å². The number of carbonyl (C=O) groups is 2. The Morgan fingerprint density at radius 3 is 2.52 bits per heavy atom. The molecule has 1 heterocycles. The number of methoxy groups -OCH3 is 1. The lowest BCUT2D eigenvalue weighted by Gasteiger charge is -2.39. The predicted molar refractivity (Wildman–Crippen MR) is 96.1 cm³/mol. The summed E-state index contributed by atoms with van der Waals surface area (Å²) >= 11 is 0. The Balaban J connectivity index is 1.60. The third-order valence-electron chi connectivity index (χ3n) is 5.48. The number of ether oxygens (including phenoxy) is 1. The van der Waals surface area contributed by atoms with Crippen molar-refractivity contribution in [1.29, 1.82) is 0 Å². The monoisotopic (exact) mass is 344 g/mol. The zero-order valence-corrected chi connectivity index (χ0v) is 15.6. The second-order valence-corrected chi connectivity index (χ2v) is 8.68. The maximum atomic E-state index is 12.7. The molecule has 136 valence electrons. The molecule has 3 rings (SSSR count).